The summed E-state index contributed by atoms with van der Waals surface area (Å²) in [5, 5.41) is 2.84. The quantitative estimate of drug-likeness (QED) is 0.811. The lowest BCUT2D eigenvalue weighted by Gasteiger charge is -2.03. The van der Waals surface area contributed by atoms with Crippen LogP contribution in [-0.4, -0.2) is 4.98 Å². The highest BCUT2D eigenvalue weighted by atomic mass is 19.1. The summed E-state index contributed by atoms with van der Waals surface area (Å²) in [7, 11) is 0. The van der Waals surface area contributed by atoms with E-state index in [0.717, 1.165) is 5.76 Å². The van der Waals surface area contributed by atoms with Crippen LogP contribution in [-0.2, 0) is 6.54 Å². The Bertz CT molecular complexity index is 400. The minimum Gasteiger partial charge on any atom is -0.467 e. The smallest absolute Gasteiger partial charge is 0.165 e. The number of nitrogens with one attached hydrogen (secondary N) is 1. The van der Waals surface area contributed by atoms with E-state index >= 15 is 0 Å². The van der Waals surface area contributed by atoms with Crippen molar-refractivity contribution in [1.29, 1.82) is 0 Å². The molecule has 0 radical (unpaired) electrons. The molecule has 0 unspecified atom stereocenters. The predicted octanol–water partition coefficient (Wildman–Crippen LogP) is 2.43. The minimum absolute atomic E-state index is 0.240. The maximum absolute atomic E-state index is 13.1. The van der Waals surface area contributed by atoms with Gasteiger partial charge >= 0.3 is 0 Å². The molecule has 0 aliphatic heterocycles. The van der Waals surface area contributed by atoms with Crippen LogP contribution in [0.25, 0.3) is 0 Å². The molecular weight excluding hydrogens is 183 g/mol. The first-order valence-electron chi connectivity index (χ1n) is 4.23. The van der Waals surface area contributed by atoms with Gasteiger partial charge in [-0.1, -0.05) is 0 Å². The molecule has 2 heterocycles. The molecule has 72 valence electrons. The molecule has 0 atom stereocenters. The number of aromatic nitrogens is 1. The lowest BCUT2D eigenvalue weighted by molar-refractivity contribution is 0.517. The molecular formula is C10H9FN2O. The van der Waals surface area contributed by atoms with Gasteiger partial charge in [-0.25, -0.2) is 9.37 Å². The van der Waals surface area contributed by atoms with E-state index in [4.69, 9.17) is 4.42 Å². The molecule has 3 nitrogen and oxygen atoms in total. The van der Waals surface area contributed by atoms with Crippen LogP contribution in [0, 0.1) is 5.82 Å². The second-order valence-electron chi connectivity index (χ2n) is 2.77. The summed E-state index contributed by atoms with van der Waals surface area (Å²) in [6.45, 7) is 0.431. The second kappa shape index (κ2) is 3.91. The zero-order chi connectivity index (χ0) is 9.80. The maximum atomic E-state index is 13.1. The van der Waals surface area contributed by atoms with Gasteiger partial charge in [0.15, 0.2) is 11.6 Å². The predicted molar refractivity (Wildman–Crippen MR) is 50.2 cm³/mol. The van der Waals surface area contributed by atoms with Crippen LogP contribution in [0.15, 0.2) is 41.1 Å². The number of hydrogen-bond donors (Lipinski definition) is 1. The number of anilines is 1. The molecule has 0 aromatic carbocycles. The highest BCUT2D eigenvalue weighted by Crippen LogP contribution is 2.10. The third kappa shape index (κ3) is 1.90. The van der Waals surface area contributed by atoms with Gasteiger partial charge in [0.2, 0.25) is 0 Å². The number of hydrogen-bond acceptors (Lipinski definition) is 3. The highest BCUT2D eigenvalue weighted by molar-refractivity contribution is 5.35. The first-order chi connectivity index (χ1) is 6.86. The van der Waals surface area contributed by atoms with Gasteiger partial charge in [0.1, 0.15) is 5.76 Å². The van der Waals surface area contributed by atoms with Gasteiger partial charge in [-0.2, -0.15) is 0 Å². The molecule has 0 bridgehead atoms. The summed E-state index contributed by atoms with van der Waals surface area (Å²) in [4.78, 5) is 3.85. The highest BCUT2D eigenvalue weighted by Gasteiger charge is 2.01. The fourth-order valence-electron chi connectivity index (χ4n) is 1.10. The normalized spacial score (nSPS) is 10.1. The lowest BCUT2D eigenvalue weighted by atomic mass is 10.4. The van der Waals surface area contributed by atoms with Crippen LogP contribution in [0.4, 0.5) is 10.2 Å². The van der Waals surface area contributed by atoms with Gasteiger partial charge < -0.3 is 9.73 Å². The molecule has 0 saturated heterocycles. The van der Waals surface area contributed by atoms with Crippen molar-refractivity contribution in [3.05, 3.63) is 48.3 Å². The fourth-order valence-corrected chi connectivity index (χ4v) is 1.10. The van der Waals surface area contributed by atoms with Crippen molar-refractivity contribution < 1.29 is 8.81 Å². The molecule has 0 fully saturated rings. The fraction of sp³-hybridized carbons (Fsp3) is 0.100. The van der Waals surface area contributed by atoms with Gasteiger partial charge in [-0.05, 0) is 24.3 Å². The summed E-state index contributed by atoms with van der Waals surface area (Å²) in [6.07, 6.45) is 3.11. The van der Waals surface area contributed by atoms with Gasteiger partial charge in [0.25, 0.3) is 0 Å². The topological polar surface area (TPSA) is 38.1 Å². The summed E-state index contributed by atoms with van der Waals surface area (Å²) in [5.74, 6) is 0.623. The zero-order valence-corrected chi connectivity index (χ0v) is 7.40. The Kier molecular flexibility index (Phi) is 2.44. The van der Waals surface area contributed by atoms with Crippen LogP contribution >= 0.6 is 0 Å². The van der Waals surface area contributed by atoms with E-state index in [1.807, 2.05) is 6.07 Å². The number of halogens is 1. The minimum atomic E-state index is -0.362. The van der Waals surface area contributed by atoms with Gasteiger partial charge in [-0.15, -0.1) is 0 Å². The summed E-state index contributed by atoms with van der Waals surface area (Å²) >= 11 is 0. The Morgan fingerprint density at radius 2 is 2.29 bits per heavy atom. The number of rotatable bonds is 3. The molecule has 0 aliphatic rings. The molecule has 2 aromatic heterocycles. The average Bonchev–Trinajstić information content (AvgIpc) is 2.69. The molecule has 4 heteroatoms. The largest absolute Gasteiger partial charge is 0.467 e. The first kappa shape index (κ1) is 8.74. The van der Waals surface area contributed by atoms with Crippen LogP contribution in [0.3, 0.4) is 0 Å². The third-order valence-electron chi connectivity index (χ3n) is 1.77. The van der Waals surface area contributed by atoms with Crippen molar-refractivity contribution in [3.8, 4) is 0 Å². The monoisotopic (exact) mass is 192 g/mol. The van der Waals surface area contributed by atoms with Crippen molar-refractivity contribution in [2.75, 3.05) is 5.32 Å². The van der Waals surface area contributed by atoms with E-state index in [1.54, 1.807) is 18.4 Å². The van der Waals surface area contributed by atoms with Gasteiger partial charge in [0.05, 0.1) is 12.8 Å². The summed E-state index contributed by atoms with van der Waals surface area (Å²) in [6, 6.07) is 6.50. The molecule has 0 saturated carbocycles. The number of pyridine rings is 1. The SMILES string of the molecule is Fc1cccnc1NCc1ccco1. The number of nitrogens with zero attached hydrogens (tertiary/aromatic N) is 1. The van der Waals surface area contributed by atoms with Crippen LogP contribution in [0.2, 0.25) is 0 Å². The van der Waals surface area contributed by atoms with Crippen molar-refractivity contribution in [2.24, 2.45) is 0 Å². The Hall–Kier alpha value is -1.84. The Balaban J connectivity index is 2.02. The average molecular weight is 192 g/mol. The van der Waals surface area contributed by atoms with Crippen molar-refractivity contribution in [2.45, 2.75) is 6.54 Å². The zero-order valence-electron chi connectivity index (χ0n) is 7.40. The van der Waals surface area contributed by atoms with Crippen LogP contribution in [0.1, 0.15) is 5.76 Å². The standard InChI is InChI=1S/C10H9FN2O/c11-9-4-1-5-12-10(9)13-7-8-3-2-6-14-8/h1-6H,7H2,(H,12,13). The Morgan fingerprint density at radius 1 is 1.36 bits per heavy atom. The molecule has 0 amide bonds. The van der Waals surface area contributed by atoms with E-state index in [-0.39, 0.29) is 11.6 Å². The van der Waals surface area contributed by atoms with Crippen molar-refractivity contribution >= 4 is 5.82 Å². The molecule has 0 aliphatic carbocycles. The van der Waals surface area contributed by atoms with Crippen molar-refractivity contribution in [3.63, 3.8) is 0 Å². The van der Waals surface area contributed by atoms with Crippen molar-refractivity contribution in [1.82, 2.24) is 4.98 Å². The third-order valence-corrected chi connectivity index (χ3v) is 1.77. The summed E-state index contributed by atoms with van der Waals surface area (Å²) < 4.78 is 18.1. The van der Waals surface area contributed by atoms with E-state index in [2.05, 4.69) is 10.3 Å². The Labute approximate surface area is 80.6 Å². The summed E-state index contributed by atoms with van der Waals surface area (Å²) in [5.41, 5.74) is 0. The lowest BCUT2D eigenvalue weighted by Crippen LogP contribution is -2.02. The molecule has 2 aromatic rings. The van der Waals surface area contributed by atoms with E-state index in [0.29, 0.717) is 6.54 Å². The number of furan rings is 1. The second-order valence-corrected chi connectivity index (χ2v) is 2.77. The maximum Gasteiger partial charge on any atom is 0.165 e. The van der Waals surface area contributed by atoms with Gasteiger partial charge in [0, 0.05) is 6.20 Å². The Morgan fingerprint density at radius 3 is 3.00 bits per heavy atom. The van der Waals surface area contributed by atoms with Crippen LogP contribution < -0.4 is 5.32 Å². The molecule has 2 rings (SSSR count). The molecule has 14 heavy (non-hydrogen) atoms. The van der Waals surface area contributed by atoms with E-state index < -0.39 is 0 Å². The first-order valence-corrected chi connectivity index (χ1v) is 4.23. The van der Waals surface area contributed by atoms with Crippen LogP contribution in [0.5, 0.6) is 0 Å². The van der Waals surface area contributed by atoms with E-state index in [1.165, 1.54) is 12.3 Å². The molecule has 1 N–H and O–H groups in total. The van der Waals surface area contributed by atoms with Gasteiger partial charge in [-0.3, -0.25) is 0 Å². The molecule has 0 spiro atoms. The van der Waals surface area contributed by atoms with E-state index in [9.17, 15) is 4.39 Å².